The van der Waals surface area contributed by atoms with E-state index in [0.717, 1.165) is 111 Å². The minimum Gasteiger partial charge on any atom is -0.455 e. The molecule has 6 heteroatoms. The van der Waals surface area contributed by atoms with E-state index >= 15 is 0 Å². The van der Waals surface area contributed by atoms with Crippen molar-refractivity contribution in [1.29, 1.82) is 0 Å². The van der Waals surface area contributed by atoms with Crippen LogP contribution in [0.4, 0.5) is 0 Å². The molecule has 10 aromatic carbocycles. The smallest absolute Gasteiger partial charge is 0.164 e. The highest BCUT2D eigenvalue weighted by Gasteiger charge is 2.18. The van der Waals surface area contributed by atoms with Gasteiger partial charge in [-0.15, -0.1) is 0 Å². The van der Waals surface area contributed by atoms with Gasteiger partial charge in [0.1, 0.15) is 11.2 Å². The highest BCUT2D eigenvalue weighted by atomic mass is 16.3. The number of rotatable bonds is 9. The normalized spacial score (nSPS) is 11.4. The van der Waals surface area contributed by atoms with Crippen molar-refractivity contribution in [2.45, 2.75) is 0 Å². The molecule has 13 rings (SSSR count). The van der Waals surface area contributed by atoms with Crippen molar-refractivity contribution in [3.05, 3.63) is 249 Å². The van der Waals surface area contributed by atoms with E-state index in [2.05, 4.69) is 188 Å². The van der Waals surface area contributed by atoms with Crippen LogP contribution in [0.1, 0.15) is 0 Å². The van der Waals surface area contributed by atoms with Gasteiger partial charge in [0.2, 0.25) is 0 Å². The number of furan rings is 1. The molecule has 332 valence electrons. The van der Waals surface area contributed by atoms with Crippen LogP contribution in [0.5, 0.6) is 0 Å². The number of aromatic nitrogens is 5. The van der Waals surface area contributed by atoms with Gasteiger partial charge in [-0.3, -0.25) is 0 Å². The molecule has 71 heavy (non-hydrogen) atoms. The van der Waals surface area contributed by atoms with Crippen LogP contribution in [-0.4, -0.2) is 24.9 Å². The second kappa shape index (κ2) is 17.8. The number of benzene rings is 10. The van der Waals surface area contributed by atoms with E-state index in [4.69, 9.17) is 29.3 Å². The Kier molecular flexibility index (Phi) is 10.4. The lowest BCUT2D eigenvalue weighted by Gasteiger charge is -2.13. The zero-order valence-electron chi connectivity index (χ0n) is 38.3. The SMILES string of the molecule is c1ccc(-c2cc(-c3ccccc3)cc(-c3nc(-c4ccccc4)nc(-c4cccc(-c5cccc(-c6cc(-c7ccc8c(c7)oc7c9ccccc9ccc87)nc(-c7ccccc7)n6)c5)c4)n3)c2)cc1. The minimum atomic E-state index is 0.584. The summed E-state index contributed by atoms with van der Waals surface area (Å²) in [7, 11) is 0. The van der Waals surface area contributed by atoms with Gasteiger partial charge in [0.15, 0.2) is 23.3 Å². The van der Waals surface area contributed by atoms with Crippen LogP contribution in [0.15, 0.2) is 253 Å². The van der Waals surface area contributed by atoms with Gasteiger partial charge in [0.05, 0.1) is 11.4 Å². The molecule has 0 bridgehead atoms. The summed E-state index contributed by atoms with van der Waals surface area (Å²) in [6.45, 7) is 0. The lowest BCUT2D eigenvalue weighted by atomic mass is 9.96. The van der Waals surface area contributed by atoms with Crippen molar-refractivity contribution in [1.82, 2.24) is 24.9 Å². The Labute approximate surface area is 410 Å². The molecular weight excluding hydrogens is 867 g/mol. The van der Waals surface area contributed by atoms with E-state index in [-0.39, 0.29) is 0 Å². The number of nitrogens with zero attached hydrogens (tertiary/aromatic N) is 5. The summed E-state index contributed by atoms with van der Waals surface area (Å²) in [4.78, 5) is 25.9. The van der Waals surface area contributed by atoms with Gasteiger partial charge < -0.3 is 4.42 Å². The van der Waals surface area contributed by atoms with Crippen LogP contribution >= 0.6 is 0 Å². The fourth-order valence-corrected chi connectivity index (χ4v) is 9.52. The Balaban J connectivity index is 0.904. The average Bonchev–Trinajstić information content (AvgIpc) is 3.84. The number of hydrogen-bond donors (Lipinski definition) is 0. The monoisotopic (exact) mass is 907 g/mol. The molecule has 0 saturated carbocycles. The second-order valence-corrected chi connectivity index (χ2v) is 17.7. The van der Waals surface area contributed by atoms with E-state index in [0.29, 0.717) is 23.3 Å². The Hall–Kier alpha value is -9.65. The number of fused-ring (bicyclic) bond motifs is 5. The molecule has 0 spiro atoms. The summed E-state index contributed by atoms with van der Waals surface area (Å²) in [5, 5.41) is 4.41. The number of hydrogen-bond acceptors (Lipinski definition) is 6. The molecule has 0 radical (unpaired) electrons. The predicted octanol–water partition coefficient (Wildman–Crippen LogP) is 16.7. The largest absolute Gasteiger partial charge is 0.455 e. The average molecular weight is 908 g/mol. The molecule has 0 saturated heterocycles. The van der Waals surface area contributed by atoms with Gasteiger partial charge in [0, 0.05) is 49.5 Å². The third-order valence-electron chi connectivity index (χ3n) is 13.1. The van der Waals surface area contributed by atoms with Crippen molar-refractivity contribution in [3.8, 4) is 101 Å². The van der Waals surface area contributed by atoms with Gasteiger partial charge in [-0.2, -0.15) is 0 Å². The minimum absolute atomic E-state index is 0.584. The summed E-state index contributed by atoms with van der Waals surface area (Å²) in [5.74, 6) is 2.43. The van der Waals surface area contributed by atoms with E-state index in [1.807, 2.05) is 60.7 Å². The summed E-state index contributed by atoms with van der Waals surface area (Å²) in [5.41, 5.74) is 15.3. The van der Waals surface area contributed by atoms with E-state index in [1.54, 1.807) is 0 Å². The summed E-state index contributed by atoms with van der Waals surface area (Å²) >= 11 is 0. The zero-order chi connectivity index (χ0) is 47.1. The molecule has 13 aromatic rings. The zero-order valence-corrected chi connectivity index (χ0v) is 38.3. The molecule has 0 aliphatic heterocycles. The van der Waals surface area contributed by atoms with Crippen LogP contribution in [0.3, 0.4) is 0 Å². The van der Waals surface area contributed by atoms with Crippen LogP contribution in [0.25, 0.3) is 134 Å². The van der Waals surface area contributed by atoms with Crippen LogP contribution < -0.4 is 0 Å². The first kappa shape index (κ1) is 41.5. The lowest BCUT2D eigenvalue weighted by Crippen LogP contribution is -2.00. The summed E-state index contributed by atoms with van der Waals surface area (Å²) in [6.07, 6.45) is 0. The molecule has 0 N–H and O–H groups in total. The first-order valence-corrected chi connectivity index (χ1v) is 23.7. The molecule has 0 aliphatic carbocycles. The highest BCUT2D eigenvalue weighted by Crippen LogP contribution is 2.38. The van der Waals surface area contributed by atoms with Crippen LogP contribution in [0.2, 0.25) is 0 Å². The van der Waals surface area contributed by atoms with Crippen molar-refractivity contribution in [2.24, 2.45) is 0 Å². The van der Waals surface area contributed by atoms with Crippen molar-refractivity contribution < 1.29 is 4.42 Å². The van der Waals surface area contributed by atoms with Crippen molar-refractivity contribution in [2.75, 3.05) is 0 Å². The maximum Gasteiger partial charge on any atom is 0.164 e. The molecule has 0 fully saturated rings. The lowest BCUT2D eigenvalue weighted by molar-refractivity contribution is 0.673. The summed E-state index contributed by atoms with van der Waals surface area (Å²) < 4.78 is 6.61. The van der Waals surface area contributed by atoms with Crippen LogP contribution in [0, 0.1) is 0 Å². The van der Waals surface area contributed by atoms with E-state index in [1.165, 1.54) is 0 Å². The van der Waals surface area contributed by atoms with Gasteiger partial charge >= 0.3 is 0 Å². The van der Waals surface area contributed by atoms with Crippen molar-refractivity contribution in [3.63, 3.8) is 0 Å². The van der Waals surface area contributed by atoms with Crippen molar-refractivity contribution >= 4 is 32.7 Å². The Morgan fingerprint density at radius 1 is 0.225 bits per heavy atom. The van der Waals surface area contributed by atoms with Gasteiger partial charge in [-0.25, -0.2) is 24.9 Å². The van der Waals surface area contributed by atoms with E-state index in [9.17, 15) is 0 Å². The molecule has 0 aliphatic rings. The molecule has 0 amide bonds. The van der Waals surface area contributed by atoms with Gasteiger partial charge in [-0.1, -0.05) is 194 Å². The molecule has 6 nitrogen and oxygen atoms in total. The fraction of sp³-hybridized carbons (Fsp3) is 0. The maximum atomic E-state index is 6.61. The molecule has 0 atom stereocenters. The molecule has 0 unspecified atom stereocenters. The quantitative estimate of drug-likeness (QED) is 0.144. The summed E-state index contributed by atoms with van der Waals surface area (Å²) in [6, 6.07) is 85.9. The topological polar surface area (TPSA) is 77.6 Å². The first-order valence-electron chi connectivity index (χ1n) is 23.7. The Morgan fingerprint density at radius 2 is 0.648 bits per heavy atom. The second-order valence-electron chi connectivity index (χ2n) is 17.7. The highest BCUT2D eigenvalue weighted by molar-refractivity contribution is 6.15. The van der Waals surface area contributed by atoms with Gasteiger partial charge in [0.25, 0.3) is 0 Å². The first-order chi connectivity index (χ1) is 35.1. The van der Waals surface area contributed by atoms with Gasteiger partial charge in [-0.05, 0) is 93.4 Å². The predicted molar refractivity (Wildman–Crippen MR) is 289 cm³/mol. The molecule has 3 aromatic heterocycles. The standard InChI is InChI=1S/C65H41N5O/c1-5-17-42(18-6-1)52-37-53(43-19-7-2-8-20-43)39-54(38-52)65-69-63(46-24-11-4-12-25-46)68-64(70-65)51-29-16-27-48(36-51)47-26-15-28-49(35-47)58-41-59(67-62(66-58)45-22-9-3-10-23-45)50-32-33-56-57-34-31-44-21-13-14-30-55(44)61(57)71-60(56)40-50/h1-41H. The Morgan fingerprint density at radius 3 is 1.27 bits per heavy atom. The Bertz CT molecular complexity index is 4040. The van der Waals surface area contributed by atoms with E-state index < -0.39 is 0 Å². The third kappa shape index (κ3) is 8.09. The third-order valence-corrected chi connectivity index (χ3v) is 13.1. The maximum absolute atomic E-state index is 6.61. The van der Waals surface area contributed by atoms with Crippen LogP contribution in [-0.2, 0) is 0 Å². The molecular formula is C65H41N5O. The fourth-order valence-electron chi connectivity index (χ4n) is 9.52. The molecule has 3 heterocycles.